The Morgan fingerprint density at radius 1 is 1.42 bits per heavy atom. The third-order valence-corrected chi connectivity index (χ3v) is 2.00. The van der Waals surface area contributed by atoms with Crippen molar-refractivity contribution >= 4 is 0 Å². The van der Waals surface area contributed by atoms with E-state index in [1.165, 1.54) is 0 Å². The number of aromatic nitrogens is 1. The third-order valence-electron chi connectivity index (χ3n) is 2.00. The quantitative estimate of drug-likeness (QED) is 0.797. The lowest BCUT2D eigenvalue weighted by Gasteiger charge is -2.14. The molecular weight excluding hydrogens is 275 g/mol. The Hall–Kier alpha value is -2.11. The van der Waals surface area contributed by atoms with Crippen molar-refractivity contribution in [2.45, 2.75) is 19.2 Å². The summed E-state index contributed by atoms with van der Waals surface area (Å²) in [4.78, 5) is 3.29. The molecule has 9 heteroatoms. The fourth-order valence-electron chi connectivity index (χ4n) is 1.33. The van der Waals surface area contributed by atoms with Crippen molar-refractivity contribution in [2.24, 2.45) is 0 Å². The van der Waals surface area contributed by atoms with Gasteiger partial charge >= 0.3 is 6.36 Å². The number of alkyl halides is 5. The van der Waals surface area contributed by atoms with Crippen LogP contribution in [0.3, 0.4) is 0 Å². The van der Waals surface area contributed by atoms with E-state index in [9.17, 15) is 22.0 Å². The van der Waals surface area contributed by atoms with Gasteiger partial charge in [-0.1, -0.05) is 0 Å². The molecule has 0 aromatic carbocycles. The van der Waals surface area contributed by atoms with E-state index in [4.69, 9.17) is 5.26 Å². The van der Waals surface area contributed by atoms with Crippen molar-refractivity contribution in [3.8, 4) is 17.8 Å². The summed E-state index contributed by atoms with van der Waals surface area (Å²) in [5.74, 6) is -1.57. The van der Waals surface area contributed by atoms with Gasteiger partial charge in [0.05, 0.1) is 19.6 Å². The van der Waals surface area contributed by atoms with Gasteiger partial charge in [-0.25, -0.2) is 8.78 Å². The molecule has 1 aromatic heterocycles. The van der Waals surface area contributed by atoms with Crippen LogP contribution in [0.25, 0.3) is 0 Å². The van der Waals surface area contributed by atoms with E-state index >= 15 is 0 Å². The highest BCUT2D eigenvalue weighted by atomic mass is 19.4. The van der Waals surface area contributed by atoms with E-state index in [0.717, 1.165) is 7.11 Å². The zero-order valence-electron chi connectivity index (χ0n) is 9.46. The summed E-state index contributed by atoms with van der Waals surface area (Å²) in [6.07, 6.45) is -8.62. The summed E-state index contributed by atoms with van der Waals surface area (Å²) in [7, 11) is 1.04. The molecule has 0 bridgehead atoms. The minimum Gasteiger partial charge on any atom is -0.481 e. The smallest absolute Gasteiger partial charge is 0.481 e. The summed E-state index contributed by atoms with van der Waals surface area (Å²) in [5, 5.41) is 8.51. The first-order chi connectivity index (χ1) is 8.78. The van der Waals surface area contributed by atoms with Crippen LogP contribution in [-0.4, -0.2) is 18.5 Å². The number of nitriles is 1. The van der Waals surface area contributed by atoms with Gasteiger partial charge in [0.1, 0.15) is 0 Å². The molecule has 0 amide bonds. The molecule has 104 valence electrons. The van der Waals surface area contributed by atoms with E-state index in [1.807, 2.05) is 0 Å². The van der Waals surface area contributed by atoms with Crippen molar-refractivity contribution in [3.63, 3.8) is 0 Å². The fraction of sp³-hybridized carbons (Fsp3) is 0.400. The summed E-state index contributed by atoms with van der Waals surface area (Å²) in [5.41, 5.74) is -1.05. The highest BCUT2D eigenvalue weighted by Crippen LogP contribution is 2.33. The zero-order valence-corrected chi connectivity index (χ0v) is 9.46. The fourth-order valence-corrected chi connectivity index (χ4v) is 1.33. The number of pyridine rings is 1. The standard InChI is InChI=1S/C10H7F5N2O2/c1-18-9-5(2-3-16)6(8(11)12)4-7(17-9)19-10(13,14)15/h4,8H,2H2,1H3. The summed E-state index contributed by atoms with van der Waals surface area (Å²) in [6.45, 7) is 0. The SMILES string of the molecule is COc1nc(OC(F)(F)F)cc(C(F)F)c1CC#N. The maximum atomic E-state index is 12.8. The summed E-state index contributed by atoms with van der Waals surface area (Å²) >= 11 is 0. The molecule has 0 N–H and O–H groups in total. The molecule has 0 fully saturated rings. The second kappa shape index (κ2) is 5.69. The van der Waals surface area contributed by atoms with Crippen molar-refractivity contribution < 1.29 is 31.4 Å². The molecule has 0 saturated carbocycles. The van der Waals surface area contributed by atoms with E-state index in [-0.39, 0.29) is 5.56 Å². The van der Waals surface area contributed by atoms with Crippen LogP contribution in [0.4, 0.5) is 22.0 Å². The minimum absolute atomic E-state index is 0.269. The first kappa shape index (κ1) is 14.9. The molecule has 0 radical (unpaired) electrons. The van der Waals surface area contributed by atoms with E-state index in [1.54, 1.807) is 6.07 Å². The molecule has 0 spiro atoms. The molecule has 19 heavy (non-hydrogen) atoms. The maximum Gasteiger partial charge on any atom is 0.574 e. The normalized spacial score (nSPS) is 11.3. The Morgan fingerprint density at radius 3 is 2.47 bits per heavy atom. The largest absolute Gasteiger partial charge is 0.574 e. The van der Waals surface area contributed by atoms with Gasteiger partial charge in [0, 0.05) is 17.2 Å². The summed E-state index contributed by atoms with van der Waals surface area (Å²) < 4.78 is 69.6. The van der Waals surface area contributed by atoms with Crippen LogP contribution in [-0.2, 0) is 6.42 Å². The monoisotopic (exact) mass is 282 g/mol. The second-order valence-corrected chi connectivity index (χ2v) is 3.22. The maximum absolute atomic E-state index is 12.8. The van der Waals surface area contributed by atoms with Crippen molar-refractivity contribution in [1.82, 2.24) is 4.98 Å². The predicted octanol–water partition coefficient (Wildman–Crippen LogP) is 2.99. The molecule has 1 heterocycles. The molecular formula is C10H7F5N2O2. The van der Waals surface area contributed by atoms with E-state index in [2.05, 4.69) is 14.5 Å². The summed E-state index contributed by atoms with van der Waals surface area (Å²) in [6, 6.07) is 2.04. The zero-order chi connectivity index (χ0) is 14.6. The number of halogens is 5. The van der Waals surface area contributed by atoms with Gasteiger partial charge in [0.2, 0.25) is 11.8 Å². The van der Waals surface area contributed by atoms with Crippen LogP contribution >= 0.6 is 0 Å². The molecule has 0 saturated heterocycles. The average Bonchev–Trinajstić information content (AvgIpc) is 2.28. The molecule has 1 rings (SSSR count). The highest BCUT2D eigenvalue weighted by molar-refractivity contribution is 5.41. The lowest BCUT2D eigenvalue weighted by molar-refractivity contribution is -0.276. The Kier molecular flexibility index (Phi) is 4.47. The van der Waals surface area contributed by atoms with Crippen LogP contribution in [0.5, 0.6) is 11.8 Å². The number of hydrogen-bond donors (Lipinski definition) is 0. The number of rotatable bonds is 4. The number of ether oxygens (including phenoxy) is 2. The van der Waals surface area contributed by atoms with Crippen LogP contribution in [0.2, 0.25) is 0 Å². The van der Waals surface area contributed by atoms with E-state index < -0.39 is 36.5 Å². The van der Waals surface area contributed by atoms with Gasteiger partial charge in [-0.15, -0.1) is 13.2 Å². The Labute approximate surface area is 104 Å². The van der Waals surface area contributed by atoms with Crippen molar-refractivity contribution in [3.05, 3.63) is 17.2 Å². The first-order valence-corrected chi connectivity index (χ1v) is 4.77. The minimum atomic E-state index is -5.06. The van der Waals surface area contributed by atoms with Crippen LogP contribution in [0.1, 0.15) is 17.6 Å². The first-order valence-electron chi connectivity index (χ1n) is 4.77. The topological polar surface area (TPSA) is 55.1 Å². The molecule has 1 aromatic rings. The molecule has 4 nitrogen and oxygen atoms in total. The average molecular weight is 282 g/mol. The van der Waals surface area contributed by atoms with Gasteiger partial charge in [0.15, 0.2) is 0 Å². The predicted molar refractivity (Wildman–Crippen MR) is 51.7 cm³/mol. The lowest BCUT2D eigenvalue weighted by atomic mass is 10.1. The molecule has 0 aliphatic heterocycles. The Balaban J connectivity index is 3.32. The van der Waals surface area contributed by atoms with Crippen molar-refractivity contribution in [2.75, 3.05) is 7.11 Å². The lowest BCUT2D eigenvalue weighted by Crippen LogP contribution is -2.18. The number of hydrogen-bond acceptors (Lipinski definition) is 4. The molecule has 0 unspecified atom stereocenters. The molecule has 0 aliphatic rings. The van der Waals surface area contributed by atoms with Gasteiger partial charge in [-0.3, -0.25) is 0 Å². The number of methoxy groups -OCH3 is 1. The van der Waals surface area contributed by atoms with Crippen LogP contribution in [0, 0.1) is 11.3 Å². The Bertz CT molecular complexity index is 496. The van der Waals surface area contributed by atoms with Crippen molar-refractivity contribution in [1.29, 1.82) is 5.26 Å². The molecule has 0 aliphatic carbocycles. The molecule has 0 atom stereocenters. The Morgan fingerprint density at radius 2 is 2.05 bits per heavy atom. The number of nitrogens with zero attached hydrogens (tertiary/aromatic N) is 2. The van der Waals surface area contributed by atoms with Crippen LogP contribution in [0.15, 0.2) is 6.07 Å². The van der Waals surface area contributed by atoms with Gasteiger partial charge < -0.3 is 9.47 Å². The van der Waals surface area contributed by atoms with Gasteiger partial charge in [0.25, 0.3) is 6.43 Å². The van der Waals surface area contributed by atoms with Crippen LogP contribution < -0.4 is 9.47 Å². The van der Waals surface area contributed by atoms with E-state index in [0.29, 0.717) is 6.07 Å². The van der Waals surface area contributed by atoms with Gasteiger partial charge in [-0.05, 0) is 0 Å². The highest BCUT2D eigenvalue weighted by Gasteiger charge is 2.33. The second-order valence-electron chi connectivity index (χ2n) is 3.22. The third kappa shape index (κ3) is 3.94. The van der Waals surface area contributed by atoms with Gasteiger partial charge in [-0.2, -0.15) is 10.2 Å².